The Kier molecular flexibility index (Phi) is 3.67. The molecule has 2 aliphatic rings. The highest BCUT2D eigenvalue weighted by atomic mass is 16.5. The third kappa shape index (κ3) is 2.52. The summed E-state index contributed by atoms with van der Waals surface area (Å²) in [4.78, 5) is 25.2. The first-order chi connectivity index (χ1) is 8.89. The van der Waals surface area contributed by atoms with Gasteiger partial charge in [0, 0.05) is 20.2 Å². The molecule has 0 aromatic rings. The lowest BCUT2D eigenvalue weighted by Gasteiger charge is -2.27. The van der Waals surface area contributed by atoms with Crippen LogP contribution in [0.1, 0.15) is 20.3 Å². The van der Waals surface area contributed by atoms with Gasteiger partial charge in [-0.25, -0.2) is 0 Å². The second-order valence-electron chi connectivity index (χ2n) is 5.94. The van der Waals surface area contributed by atoms with Crippen LogP contribution < -0.4 is 0 Å². The van der Waals surface area contributed by atoms with Gasteiger partial charge in [0.05, 0.1) is 18.4 Å². The SMILES string of the molecule is COCC1=CCN(C(=O)C2C(C(=O)O)C2(C)C)CC1. The summed E-state index contributed by atoms with van der Waals surface area (Å²) < 4.78 is 5.07. The number of aliphatic carboxylic acids is 1. The topological polar surface area (TPSA) is 66.8 Å². The first kappa shape index (κ1) is 14.1. The highest BCUT2D eigenvalue weighted by Gasteiger charge is 2.66. The average Bonchev–Trinajstić information content (AvgIpc) is 2.93. The molecule has 19 heavy (non-hydrogen) atoms. The average molecular weight is 267 g/mol. The minimum Gasteiger partial charge on any atom is -0.481 e. The van der Waals surface area contributed by atoms with Gasteiger partial charge in [-0.3, -0.25) is 9.59 Å². The second-order valence-corrected chi connectivity index (χ2v) is 5.94. The van der Waals surface area contributed by atoms with E-state index in [0.717, 1.165) is 6.42 Å². The van der Waals surface area contributed by atoms with E-state index in [1.54, 1.807) is 12.0 Å². The number of ether oxygens (including phenoxy) is 1. The molecule has 0 bridgehead atoms. The van der Waals surface area contributed by atoms with E-state index in [2.05, 4.69) is 0 Å². The van der Waals surface area contributed by atoms with E-state index < -0.39 is 17.3 Å². The van der Waals surface area contributed by atoms with Gasteiger partial charge in [-0.15, -0.1) is 0 Å². The van der Waals surface area contributed by atoms with E-state index in [9.17, 15) is 9.59 Å². The molecule has 1 aliphatic heterocycles. The fourth-order valence-electron chi connectivity index (χ4n) is 2.98. The van der Waals surface area contributed by atoms with Crippen LogP contribution >= 0.6 is 0 Å². The van der Waals surface area contributed by atoms with E-state index in [1.807, 2.05) is 19.9 Å². The lowest BCUT2D eigenvalue weighted by Crippen LogP contribution is -2.37. The number of methoxy groups -OCH3 is 1. The Labute approximate surface area is 113 Å². The molecule has 1 fully saturated rings. The Balaban J connectivity index is 1.98. The van der Waals surface area contributed by atoms with E-state index in [0.29, 0.717) is 19.7 Å². The number of hydrogen-bond donors (Lipinski definition) is 1. The van der Waals surface area contributed by atoms with Gasteiger partial charge in [0.15, 0.2) is 0 Å². The number of hydrogen-bond acceptors (Lipinski definition) is 3. The van der Waals surface area contributed by atoms with Gasteiger partial charge in [0.1, 0.15) is 0 Å². The van der Waals surface area contributed by atoms with E-state index in [1.165, 1.54) is 5.57 Å². The molecule has 2 atom stereocenters. The highest BCUT2D eigenvalue weighted by molar-refractivity contribution is 5.91. The number of carboxylic acids is 1. The maximum atomic E-state index is 12.4. The van der Waals surface area contributed by atoms with E-state index >= 15 is 0 Å². The number of amides is 1. The number of carbonyl (C=O) groups is 2. The third-order valence-electron chi connectivity index (χ3n) is 4.30. The minimum atomic E-state index is -0.865. The monoisotopic (exact) mass is 267 g/mol. The van der Waals surface area contributed by atoms with Gasteiger partial charge in [-0.2, -0.15) is 0 Å². The Bertz CT molecular complexity index is 427. The molecule has 5 nitrogen and oxygen atoms in total. The van der Waals surface area contributed by atoms with Crippen LogP contribution in [0.5, 0.6) is 0 Å². The normalized spacial score (nSPS) is 28.8. The predicted octanol–water partition coefficient (Wildman–Crippen LogP) is 1.15. The standard InChI is InChI=1S/C14H21NO4/c1-14(2)10(11(14)13(17)18)12(16)15-6-4-9(5-7-15)8-19-3/h4,10-11H,5-8H2,1-3H3,(H,17,18). The van der Waals surface area contributed by atoms with Crippen molar-refractivity contribution in [1.29, 1.82) is 0 Å². The van der Waals surface area contributed by atoms with Gasteiger partial charge < -0.3 is 14.7 Å². The Morgan fingerprint density at radius 1 is 1.47 bits per heavy atom. The third-order valence-corrected chi connectivity index (χ3v) is 4.30. The lowest BCUT2D eigenvalue weighted by molar-refractivity contribution is -0.142. The van der Waals surface area contributed by atoms with Crippen LogP contribution in [0, 0.1) is 17.3 Å². The first-order valence-corrected chi connectivity index (χ1v) is 6.58. The van der Waals surface area contributed by atoms with Crippen LogP contribution in [0.2, 0.25) is 0 Å². The Morgan fingerprint density at radius 2 is 2.16 bits per heavy atom. The molecule has 0 aromatic heterocycles. The first-order valence-electron chi connectivity index (χ1n) is 6.58. The predicted molar refractivity (Wildman–Crippen MR) is 69.6 cm³/mol. The van der Waals surface area contributed by atoms with Crippen LogP contribution in [0.4, 0.5) is 0 Å². The quantitative estimate of drug-likeness (QED) is 0.776. The van der Waals surface area contributed by atoms with Gasteiger partial charge in [0.2, 0.25) is 5.91 Å². The van der Waals surface area contributed by atoms with Crippen molar-refractivity contribution in [1.82, 2.24) is 4.90 Å². The van der Waals surface area contributed by atoms with E-state index in [-0.39, 0.29) is 11.8 Å². The van der Waals surface area contributed by atoms with Crippen molar-refractivity contribution in [3.8, 4) is 0 Å². The van der Waals surface area contributed by atoms with Gasteiger partial charge in [-0.1, -0.05) is 19.9 Å². The van der Waals surface area contributed by atoms with Crippen LogP contribution in [0.15, 0.2) is 11.6 Å². The molecule has 1 saturated carbocycles. The van der Waals surface area contributed by atoms with E-state index in [4.69, 9.17) is 9.84 Å². The summed E-state index contributed by atoms with van der Waals surface area (Å²) in [6, 6.07) is 0. The second kappa shape index (κ2) is 4.96. The molecule has 1 heterocycles. The summed E-state index contributed by atoms with van der Waals surface area (Å²) in [5.41, 5.74) is 0.788. The van der Waals surface area contributed by atoms with Crippen LogP contribution in [-0.2, 0) is 14.3 Å². The lowest BCUT2D eigenvalue weighted by atomic mass is 10.1. The van der Waals surface area contributed by atoms with Crippen LogP contribution in [0.3, 0.4) is 0 Å². The largest absolute Gasteiger partial charge is 0.481 e. The molecule has 0 aromatic carbocycles. The van der Waals surface area contributed by atoms with Gasteiger partial charge in [0.25, 0.3) is 0 Å². The number of rotatable bonds is 4. The van der Waals surface area contributed by atoms with Crippen molar-refractivity contribution in [2.75, 3.05) is 26.8 Å². The number of nitrogens with zero attached hydrogens (tertiary/aromatic N) is 1. The summed E-state index contributed by atoms with van der Waals surface area (Å²) in [6.45, 7) is 5.53. The molecular formula is C14H21NO4. The van der Waals surface area contributed by atoms with Gasteiger partial charge in [-0.05, 0) is 17.4 Å². The fourth-order valence-corrected chi connectivity index (χ4v) is 2.98. The molecule has 1 aliphatic carbocycles. The summed E-state index contributed by atoms with van der Waals surface area (Å²) in [5, 5.41) is 9.12. The Hall–Kier alpha value is -1.36. The molecule has 2 unspecified atom stereocenters. The Morgan fingerprint density at radius 3 is 2.58 bits per heavy atom. The van der Waals surface area contributed by atoms with Crippen molar-refractivity contribution < 1.29 is 19.4 Å². The van der Waals surface area contributed by atoms with Crippen molar-refractivity contribution >= 4 is 11.9 Å². The van der Waals surface area contributed by atoms with Gasteiger partial charge >= 0.3 is 5.97 Å². The van der Waals surface area contributed by atoms with Crippen LogP contribution in [-0.4, -0.2) is 48.7 Å². The highest BCUT2D eigenvalue weighted by Crippen LogP contribution is 2.59. The van der Waals surface area contributed by atoms with Crippen molar-refractivity contribution in [2.45, 2.75) is 20.3 Å². The molecule has 0 radical (unpaired) electrons. The van der Waals surface area contributed by atoms with Crippen molar-refractivity contribution in [3.05, 3.63) is 11.6 Å². The summed E-state index contributed by atoms with van der Waals surface area (Å²) in [7, 11) is 1.66. The molecular weight excluding hydrogens is 246 g/mol. The zero-order chi connectivity index (χ0) is 14.2. The number of carboxylic acid groups (broad SMARTS) is 1. The smallest absolute Gasteiger partial charge is 0.307 e. The van der Waals surface area contributed by atoms with Crippen molar-refractivity contribution in [3.63, 3.8) is 0 Å². The fraction of sp³-hybridized carbons (Fsp3) is 0.714. The maximum absolute atomic E-state index is 12.4. The zero-order valence-electron chi connectivity index (χ0n) is 11.7. The molecule has 106 valence electrons. The minimum absolute atomic E-state index is 0.0230. The molecule has 2 rings (SSSR count). The molecule has 0 spiro atoms. The molecule has 5 heteroatoms. The maximum Gasteiger partial charge on any atom is 0.307 e. The molecule has 1 amide bonds. The van der Waals surface area contributed by atoms with Crippen LogP contribution in [0.25, 0.3) is 0 Å². The summed E-state index contributed by atoms with van der Waals surface area (Å²) in [5.74, 6) is -1.80. The zero-order valence-corrected chi connectivity index (χ0v) is 11.7. The summed E-state index contributed by atoms with van der Waals surface area (Å²) in [6.07, 6.45) is 2.82. The number of carbonyl (C=O) groups excluding carboxylic acids is 1. The molecule has 0 saturated heterocycles. The molecule has 1 N–H and O–H groups in total. The van der Waals surface area contributed by atoms with Crippen molar-refractivity contribution in [2.24, 2.45) is 17.3 Å². The summed E-state index contributed by atoms with van der Waals surface area (Å²) >= 11 is 0.